The topological polar surface area (TPSA) is 0 Å². The van der Waals surface area contributed by atoms with Gasteiger partial charge in [0.2, 0.25) is 0 Å². The van der Waals surface area contributed by atoms with E-state index in [1.165, 1.54) is 0 Å². The normalized spacial score (nSPS) is 10.0. The zero-order valence-corrected chi connectivity index (χ0v) is 9.15. The van der Waals surface area contributed by atoms with Gasteiger partial charge < -0.3 is 0 Å². The average molecular weight is 252 g/mol. The maximum Gasteiger partial charge on any atom is 0.122 e. The SMILES string of the molecule is Fc1cc(I)ccc1[SiH3]. The van der Waals surface area contributed by atoms with Crippen molar-refractivity contribution in [1.82, 2.24) is 0 Å². The molecule has 0 aliphatic heterocycles. The fourth-order valence-electron chi connectivity index (χ4n) is 0.567. The van der Waals surface area contributed by atoms with Crippen molar-refractivity contribution in [2.75, 3.05) is 0 Å². The Labute approximate surface area is 70.0 Å². The lowest BCUT2D eigenvalue weighted by Crippen LogP contribution is -2.06. The van der Waals surface area contributed by atoms with Gasteiger partial charge in [0.15, 0.2) is 0 Å². The van der Waals surface area contributed by atoms with Gasteiger partial charge in [0.1, 0.15) is 5.82 Å². The third kappa shape index (κ3) is 1.75. The van der Waals surface area contributed by atoms with E-state index < -0.39 is 0 Å². The molecule has 0 amide bonds. The molecule has 0 nitrogen and oxygen atoms in total. The van der Waals surface area contributed by atoms with Crippen LogP contribution in [0, 0.1) is 9.39 Å². The van der Waals surface area contributed by atoms with Crippen molar-refractivity contribution in [2.45, 2.75) is 0 Å². The predicted octanol–water partition coefficient (Wildman–Crippen LogP) is 0.421. The van der Waals surface area contributed by atoms with Crippen LogP contribution in [0.25, 0.3) is 0 Å². The Balaban J connectivity index is 3.17. The Kier molecular flexibility index (Phi) is 2.23. The highest BCUT2D eigenvalue weighted by atomic mass is 127. The maximum atomic E-state index is 12.6. The zero-order valence-electron chi connectivity index (χ0n) is 4.99. The summed E-state index contributed by atoms with van der Waals surface area (Å²) >= 11 is 2.10. The van der Waals surface area contributed by atoms with Crippen LogP contribution in [0.3, 0.4) is 0 Å². The van der Waals surface area contributed by atoms with E-state index in [9.17, 15) is 4.39 Å². The molecule has 0 aliphatic carbocycles. The lowest BCUT2D eigenvalue weighted by molar-refractivity contribution is 0.635. The summed E-state index contributed by atoms with van der Waals surface area (Å²) in [5, 5.41) is 0.843. The molecule has 0 heterocycles. The molecule has 3 heteroatoms. The second-order valence-electron chi connectivity index (χ2n) is 1.89. The summed E-state index contributed by atoms with van der Waals surface area (Å²) in [5.74, 6) is -0.0615. The van der Waals surface area contributed by atoms with E-state index in [0.29, 0.717) is 0 Å². The first kappa shape index (κ1) is 7.21. The van der Waals surface area contributed by atoms with Crippen molar-refractivity contribution in [3.05, 3.63) is 27.6 Å². The van der Waals surface area contributed by atoms with Crippen molar-refractivity contribution in [1.29, 1.82) is 0 Å². The summed E-state index contributed by atoms with van der Waals surface area (Å²) in [5.41, 5.74) is 0. The van der Waals surface area contributed by atoms with Crippen LogP contribution in [-0.2, 0) is 0 Å². The maximum absolute atomic E-state index is 12.6. The van der Waals surface area contributed by atoms with Crippen LogP contribution >= 0.6 is 22.6 Å². The number of hydrogen-bond donors (Lipinski definition) is 0. The first-order valence-electron chi connectivity index (χ1n) is 2.62. The van der Waals surface area contributed by atoms with Gasteiger partial charge in [-0.2, -0.15) is 0 Å². The molecule has 48 valence electrons. The van der Waals surface area contributed by atoms with Gasteiger partial charge in [0, 0.05) is 13.8 Å². The number of rotatable bonds is 0. The number of hydrogen-bond acceptors (Lipinski definition) is 0. The summed E-state index contributed by atoms with van der Waals surface area (Å²) in [4.78, 5) is 0. The van der Waals surface area contributed by atoms with Crippen molar-refractivity contribution in [3.8, 4) is 0 Å². The minimum atomic E-state index is -0.0615. The molecule has 0 aromatic heterocycles. The van der Waals surface area contributed by atoms with Gasteiger partial charge in [0.05, 0.1) is 0 Å². The first-order valence-corrected chi connectivity index (χ1v) is 4.69. The van der Waals surface area contributed by atoms with E-state index in [1.807, 2.05) is 12.1 Å². The monoisotopic (exact) mass is 252 g/mol. The molecule has 0 N–H and O–H groups in total. The predicted molar refractivity (Wildman–Crippen MR) is 48.7 cm³/mol. The molecule has 1 rings (SSSR count). The molecule has 0 bridgehead atoms. The van der Waals surface area contributed by atoms with Crippen LogP contribution in [0.4, 0.5) is 4.39 Å². The number of benzene rings is 1. The highest BCUT2D eigenvalue weighted by Crippen LogP contribution is 2.02. The Bertz CT molecular complexity index is 224. The fraction of sp³-hybridized carbons (Fsp3) is 0. The van der Waals surface area contributed by atoms with Gasteiger partial charge in [-0.3, -0.25) is 0 Å². The second kappa shape index (κ2) is 2.79. The van der Waals surface area contributed by atoms with Gasteiger partial charge in [-0.1, -0.05) is 6.07 Å². The van der Waals surface area contributed by atoms with Crippen molar-refractivity contribution in [2.24, 2.45) is 0 Å². The summed E-state index contributed by atoms with van der Waals surface area (Å²) in [6, 6.07) is 5.32. The van der Waals surface area contributed by atoms with Crippen LogP contribution in [0.1, 0.15) is 0 Å². The minimum absolute atomic E-state index is 0.0615. The Morgan fingerprint density at radius 2 is 2.11 bits per heavy atom. The van der Waals surface area contributed by atoms with E-state index in [2.05, 4.69) is 22.6 Å². The molecule has 0 saturated heterocycles. The van der Waals surface area contributed by atoms with Crippen LogP contribution in [0.2, 0.25) is 0 Å². The lowest BCUT2D eigenvalue weighted by Gasteiger charge is -1.93. The smallest absolute Gasteiger partial charge is 0.122 e. The molecule has 1 aromatic rings. The third-order valence-electron chi connectivity index (χ3n) is 1.13. The molecule has 0 spiro atoms. The van der Waals surface area contributed by atoms with E-state index in [0.717, 1.165) is 19.0 Å². The molecule has 9 heavy (non-hydrogen) atoms. The van der Waals surface area contributed by atoms with E-state index in [4.69, 9.17) is 0 Å². The molecule has 1 aromatic carbocycles. The van der Waals surface area contributed by atoms with Crippen molar-refractivity contribution >= 4 is 38.0 Å². The van der Waals surface area contributed by atoms with E-state index in [-0.39, 0.29) is 5.82 Å². The number of halogens is 2. The molecular weight excluding hydrogens is 246 g/mol. The standard InChI is InChI=1S/C6H6FISi/c7-5-3-4(8)1-2-6(5)9/h1-3H,9H3. The van der Waals surface area contributed by atoms with Crippen molar-refractivity contribution < 1.29 is 4.39 Å². The van der Waals surface area contributed by atoms with Crippen LogP contribution in [0.15, 0.2) is 18.2 Å². The molecule has 0 radical (unpaired) electrons. The van der Waals surface area contributed by atoms with Gasteiger partial charge in [-0.05, 0) is 39.9 Å². The molecule has 0 fully saturated rings. The summed E-state index contributed by atoms with van der Waals surface area (Å²) in [6.07, 6.45) is 0. The summed E-state index contributed by atoms with van der Waals surface area (Å²) in [6.45, 7) is 0. The largest absolute Gasteiger partial charge is 0.207 e. The zero-order chi connectivity index (χ0) is 6.85. The third-order valence-corrected chi connectivity index (χ3v) is 2.62. The van der Waals surface area contributed by atoms with Crippen LogP contribution < -0.4 is 5.19 Å². The molecular formula is C6H6FISi. The molecule has 0 aliphatic rings. The summed E-state index contributed by atoms with van der Waals surface area (Å²) in [7, 11) is 0.796. The van der Waals surface area contributed by atoms with Gasteiger partial charge in [0.25, 0.3) is 0 Å². The van der Waals surface area contributed by atoms with Gasteiger partial charge >= 0.3 is 0 Å². The average Bonchev–Trinajstić information content (AvgIpc) is 1.80. The lowest BCUT2D eigenvalue weighted by atomic mass is 10.3. The fourth-order valence-corrected chi connectivity index (χ4v) is 1.33. The van der Waals surface area contributed by atoms with Crippen molar-refractivity contribution in [3.63, 3.8) is 0 Å². The molecule has 0 unspecified atom stereocenters. The van der Waals surface area contributed by atoms with E-state index in [1.54, 1.807) is 6.07 Å². The molecule has 0 saturated carbocycles. The Morgan fingerprint density at radius 1 is 1.44 bits per heavy atom. The Morgan fingerprint density at radius 3 is 2.56 bits per heavy atom. The van der Waals surface area contributed by atoms with Gasteiger partial charge in [-0.15, -0.1) is 0 Å². The molecule has 0 atom stereocenters. The van der Waals surface area contributed by atoms with Gasteiger partial charge in [-0.25, -0.2) is 4.39 Å². The highest BCUT2D eigenvalue weighted by molar-refractivity contribution is 14.1. The highest BCUT2D eigenvalue weighted by Gasteiger charge is 1.94. The van der Waals surface area contributed by atoms with E-state index >= 15 is 0 Å². The Hall–Kier alpha value is 0.0969. The minimum Gasteiger partial charge on any atom is -0.207 e. The second-order valence-corrected chi connectivity index (χ2v) is 4.22. The van der Waals surface area contributed by atoms with Crippen LogP contribution in [0.5, 0.6) is 0 Å². The quantitative estimate of drug-likeness (QED) is 0.464. The van der Waals surface area contributed by atoms with Crippen LogP contribution in [-0.4, -0.2) is 10.2 Å². The summed E-state index contributed by atoms with van der Waals surface area (Å²) < 4.78 is 13.6. The first-order chi connectivity index (χ1) is 4.20.